The summed E-state index contributed by atoms with van der Waals surface area (Å²) < 4.78 is 51.3. The van der Waals surface area contributed by atoms with Crippen LogP contribution in [-0.2, 0) is 13.1 Å². The van der Waals surface area contributed by atoms with E-state index in [9.17, 15) is 17.6 Å². The molecule has 0 bridgehead atoms. The third kappa shape index (κ3) is 8.87. The van der Waals surface area contributed by atoms with Gasteiger partial charge in [-0.3, -0.25) is 9.89 Å². The summed E-state index contributed by atoms with van der Waals surface area (Å²) in [6.07, 6.45) is -1.66. The number of likely N-dealkylation sites (tertiary alicyclic amines) is 1. The number of alkyl halides is 3. The molecule has 2 N–H and O–H groups in total. The highest BCUT2D eigenvalue weighted by Crippen LogP contribution is 2.24. The first-order chi connectivity index (χ1) is 14.2. The van der Waals surface area contributed by atoms with Gasteiger partial charge in [-0.15, -0.1) is 0 Å². The minimum Gasteiger partial charge on any atom is -0.356 e. The van der Waals surface area contributed by atoms with Gasteiger partial charge in [0.1, 0.15) is 5.82 Å². The van der Waals surface area contributed by atoms with Crippen LogP contribution in [0.25, 0.3) is 0 Å². The molecule has 0 aromatic heterocycles. The summed E-state index contributed by atoms with van der Waals surface area (Å²) in [5, 5.41) is 6.48. The number of rotatable bonds is 8. The number of hydrogen-bond acceptors (Lipinski definition) is 3. The van der Waals surface area contributed by atoms with Crippen LogP contribution in [0.1, 0.15) is 30.4 Å². The maximum atomic E-state index is 13.9. The van der Waals surface area contributed by atoms with Gasteiger partial charge in [-0.25, -0.2) is 4.39 Å². The minimum atomic E-state index is -4.12. The molecule has 1 aliphatic heterocycles. The Morgan fingerprint density at radius 3 is 2.50 bits per heavy atom. The fraction of sp³-hybridized carbons (Fsp3) is 0.667. The van der Waals surface area contributed by atoms with E-state index in [-0.39, 0.29) is 5.82 Å². The maximum absolute atomic E-state index is 13.9. The van der Waals surface area contributed by atoms with Crippen molar-refractivity contribution in [2.75, 3.05) is 47.3 Å². The summed E-state index contributed by atoms with van der Waals surface area (Å²) in [6.45, 7) is 1.95. The average molecular weight is 432 g/mol. The number of aliphatic imine (C=N–C) groups is 1. The number of hydrogen-bond donors (Lipinski definition) is 2. The first kappa shape index (κ1) is 24.4. The van der Waals surface area contributed by atoms with Crippen LogP contribution >= 0.6 is 0 Å². The first-order valence-corrected chi connectivity index (χ1v) is 10.3. The van der Waals surface area contributed by atoms with Crippen molar-refractivity contribution >= 4 is 5.96 Å². The molecule has 1 fully saturated rings. The predicted octanol–water partition coefficient (Wildman–Crippen LogP) is 3.22. The molecule has 1 aromatic rings. The van der Waals surface area contributed by atoms with Crippen LogP contribution in [0.15, 0.2) is 23.2 Å². The summed E-state index contributed by atoms with van der Waals surface area (Å²) in [6, 6.07) is 5.09. The molecule has 0 spiro atoms. The molecule has 1 heterocycles. The number of nitrogens with one attached hydrogen (secondary N) is 2. The van der Waals surface area contributed by atoms with Crippen molar-refractivity contribution in [3.63, 3.8) is 0 Å². The molecule has 1 aliphatic rings. The second kappa shape index (κ2) is 11.5. The fourth-order valence-corrected chi connectivity index (χ4v) is 3.69. The van der Waals surface area contributed by atoms with Crippen LogP contribution in [0.2, 0.25) is 0 Å². The Hall–Kier alpha value is -1.87. The van der Waals surface area contributed by atoms with Crippen molar-refractivity contribution < 1.29 is 17.6 Å². The van der Waals surface area contributed by atoms with Crippen LogP contribution in [-0.4, -0.2) is 69.3 Å². The molecule has 170 valence electrons. The molecular weight excluding hydrogens is 398 g/mol. The molecule has 0 radical (unpaired) electrons. The van der Waals surface area contributed by atoms with Crippen molar-refractivity contribution in [2.24, 2.45) is 10.9 Å². The van der Waals surface area contributed by atoms with E-state index in [4.69, 9.17) is 0 Å². The Bertz CT molecular complexity index is 682. The van der Waals surface area contributed by atoms with Gasteiger partial charge in [0.15, 0.2) is 5.96 Å². The van der Waals surface area contributed by atoms with E-state index in [2.05, 4.69) is 15.6 Å². The summed E-state index contributed by atoms with van der Waals surface area (Å²) in [5.41, 5.74) is 1.62. The summed E-state index contributed by atoms with van der Waals surface area (Å²) in [4.78, 5) is 7.61. The van der Waals surface area contributed by atoms with E-state index in [1.54, 1.807) is 13.1 Å². The second-order valence-corrected chi connectivity index (χ2v) is 8.14. The van der Waals surface area contributed by atoms with Gasteiger partial charge >= 0.3 is 6.18 Å². The lowest BCUT2D eigenvalue weighted by Gasteiger charge is -2.32. The van der Waals surface area contributed by atoms with E-state index >= 15 is 0 Å². The minimum absolute atomic E-state index is 0.212. The van der Waals surface area contributed by atoms with Crippen LogP contribution in [0, 0.1) is 11.7 Å². The molecule has 0 atom stereocenters. The zero-order chi connectivity index (χ0) is 22.1. The maximum Gasteiger partial charge on any atom is 0.401 e. The van der Waals surface area contributed by atoms with Crippen LogP contribution < -0.4 is 10.6 Å². The molecule has 0 amide bonds. The third-order valence-corrected chi connectivity index (χ3v) is 5.24. The van der Waals surface area contributed by atoms with E-state index in [1.165, 1.54) is 11.0 Å². The van der Waals surface area contributed by atoms with Gasteiger partial charge in [-0.05, 0) is 70.1 Å². The number of nitrogens with zero attached hydrogens (tertiary/aromatic N) is 3. The van der Waals surface area contributed by atoms with Gasteiger partial charge in [-0.1, -0.05) is 6.07 Å². The van der Waals surface area contributed by atoms with Crippen LogP contribution in [0.3, 0.4) is 0 Å². The summed E-state index contributed by atoms with van der Waals surface area (Å²) >= 11 is 0. The Kier molecular flexibility index (Phi) is 9.36. The van der Waals surface area contributed by atoms with E-state index in [1.807, 2.05) is 25.1 Å². The van der Waals surface area contributed by atoms with E-state index in [0.29, 0.717) is 50.2 Å². The zero-order valence-electron chi connectivity index (χ0n) is 18.0. The molecule has 2 rings (SSSR count). The largest absolute Gasteiger partial charge is 0.401 e. The molecule has 9 heteroatoms. The summed E-state index contributed by atoms with van der Waals surface area (Å²) in [7, 11) is 5.49. The van der Waals surface area contributed by atoms with Gasteiger partial charge in [0.05, 0.1) is 6.54 Å². The van der Waals surface area contributed by atoms with Crippen molar-refractivity contribution in [2.45, 2.75) is 38.5 Å². The normalized spacial score (nSPS) is 16.9. The lowest BCUT2D eigenvalue weighted by atomic mass is 9.93. The smallest absolute Gasteiger partial charge is 0.356 e. The molecule has 0 aliphatic carbocycles. The molecule has 1 saturated heterocycles. The predicted molar refractivity (Wildman–Crippen MR) is 112 cm³/mol. The summed E-state index contributed by atoms with van der Waals surface area (Å²) in [5.74, 6) is 0.866. The van der Waals surface area contributed by atoms with Crippen molar-refractivity contribution in [3.05, 3.63) is 35.1 Å². The third-order valence-electron chi connectivity index (χ3n) is 5.24. The Balaban J connectivity index is 1.71. The van der Waals surface area contributed by atoms with Gasteiger partial charge in [0, 0.05) is 32.2 Å². The molecule has 0 saturated carbocycles. The average Bonchev–Trinajstić information content (AvgIpc) is 2.66. The standard InChI is InChI=1S/C21H33F4N5/c1-26-20(28-13-17-4-5-19(22)18(12-17)14-29(2)3)27-9-6-16-7-10-30(11-8-16)15-21(23,24)25/h4-5,12,16H,6-11,13-15H2,1-3H3,(H2,26,27,28). The molecule has 0 unspecified atom stereocenters. The van der Waals surface area contributed by atoms with E-state index < -0.39 is 12.7 Å². The molecule has 5 nitrogen and oxygen atoms in total. The SMILES string of the molecule is CN=C(NCCC1CCN(CC(F)(F)F)CC1)NCc1ccc(F)c(CN(C)C)c1. The molecular formula is C21H33F4N5. The highest BCUT2D eigenvalue weighted by atomic mass is 19.4. The second-order valence-electron chi connectivity index (χ2n) is 8.14. The lowest BCUT2D eigenvalue weighted by Crippen LogP contribution is -2.41. The van der Waals surface area contributed by atoms with Gasteiger partial charge in [0.25, 0.3) is 0 Å². The fourth-order valence-electron chi connectivity index (χ4n) is 3.69. The Morgan fingerprint density at radius 2 is 1.90 bits per heavy atom. The van der Waals surface area contributed by atoms with Crippen LogP contribution in [0.5, 0.6) is 0 Å². The Labute approximate surface area is 176 Å². The van der Waals surface area contributed by atoms with Crippen molar-refractivity contribution in [3.8, 4) is 0 Å². The number of halogens is 4. The first-order valence-electron chi connectivity index (χ1n) is 10.3. The zero-order valence-corrected chi connectivity index (χ0v) is 18.0. The molecule has 1 aromatic carbocycles. The van der Waals surface area contributed by atoms with Crippen molar-refractivity contribution in [1.29, 1.82) is 0 Å². The van der Waals surface area contributed by atoms with Gasteiger partial charge in [0.2, 0.25) is 0 Å². The topological polar surface area (TPSA) is 42.9 Å². The molecule has 30 heavy (non-hydrogen) atoms. The quantitative estimate of drug-likeness (QED) is 0.377. The van der Waals surface area contributed by atoms with Gasteiger partial charge in [-0.2, -0.15) is 13.2 Å². The Morgan fingerprint density at radius 1 is 1.20 bits per heavy atom. The number of benzene rings is 1. The van der Waals surface area contributed by atoms with Crippen LogP contribution in [0.4, 0.5) is 17.6 Å². The van der Waals surface area contributed by atoms with E-state index in [0.717, 1.165) is 24.8 Å². The lowest BCUT2D eigenvalue weighted by molar-refractivity contribution is -0.148. The monoisotopic (exact) mass is 431 g/mol. The number of piperidine rings is 1. The highest BCUT2D eigenvalue weighted by molar-refractivity contribution is 5.79. The van der Waals surface area contributed by atoms with Crippen molar-refractivity contribution in [1.82, 2.24) is 20.4 Å². The van der Waals surface area contributed by atoms with Gasteiger partial charge < -0.3 is 15.5 Å². The highest BCUT2D eigenvalue weighted by Gasteiger charge is 2.32. The number of guanidine groups is 1.